The monoisotopic (exact) mass is 467 g/mol. The summed E-state index contributed by atoms with van der Waals surface area (Å²) in [4.78, 5) is 38.6. The lowest BCUT2D eigenvalue weighted by atomic mass is 10.1. The third-order valence-corrected chi connectivity index (χ3v) is 4.83. The molecule has 0 unspecified atom stereocenters. The van der Waals surface area contributed by atoms with Gasteiger partial charge in [0.05, 0.1) is 29.6 Å². The largest absolute Gasteiger partial charge is 0.467 e. The van der Waals surface area contributed by atoms with E-state index in [4.69, 9.17) is 16.0 Å². The van der Waals surface area contributed by atoms with Crippen molar-refractivity contribution in [2.45, 2.75) is 19.3 Å². The van der Waals surface area contributed by atoms with Gasteiger partial charge in [-0.1, -0.05) is 23.7 Å². The van der Waals surface area contributed by atoms with E-state index in [0.717, 1.165) is 4.90 Å². The first-order valence-corrected chi connectivity index (χ1v) is 9.59. The summed E-state index contributed by atoms with van der Waals surface area (Å²) in [5, 5.41) is 2.00. The van der Waals surface area contributed by atoms with Crippen LogP contribution in [0.3, 0.4) is 0 Å². The quantitative estimate of drug-likeness (QED) is 0.599. The normalized spacial score (nSPS) is 11.3. The van der Waals surface area contributed by atoms with E-state index >= 15 is 0 Å². The van der Waals surface area contributed by atoms with E-state index < -0.39 is 40.7 Å². The number of nitrogens with zero attached hydrogens (tertiary/aromatic N) is 2. The van der Waals surface area contributed by atoms with Crippen molar-refractivity contribution in [1.29, 1.82) is 0 Å². The predicted octanol–water partition coefficient (Wildman–Crippen LogP) is 3.71. The van der Waals surface area contributed by atoms with Gasteiger partial charge in [-0.3, -0.25) is 14.4 Å². The molecular weight excluding hydrogens is 451 g/mol. The molecule has 32 heavy (non-hydrogen) atoms. The molecule has 1 N–H and O–H groups in total. The molecule has 168 valence electrons. The summed E-state index contributed by atoms with van der Waals surface area (Å²) in [7, 11) is 1.35. The summed E-state index contributed by atoms with van der Waals surface area (Å²) in [5.74, 6) is -0.689. The number of furan rings is 1. The number of anilines is 1. The molecule has 2 heterocycles. The Morgan fingerprint density at radius 2 is 1.91 bits per heavy atom. The SMILES string of the molecule is CN(C(=O)Cn1cc(C(F)(F)F)cc(Cl)c1=O)c1ccccc1C(=O)NCc1ccco1. The van der Waals surface area contributed by atoms with Gasteiger partial charge in [-0.15, -0.1) is 0 Å². The van der Waals surface area contributed by atoms with E-state index in [2.05, 4.69) is 5.32 Å². The summed E-state index contributed by atoms with van der Waals surface area (Å²) in [6.45, 7) is -0.586. The summed E-state index contributed by atoms with van der Waals surface area (Å²) in [6.07, 6.45) is -2.75. The minimum absolute atomic E-state index is 0.121. The number of nitrogens with one attached hydrogen (secondary N) is 1. The number of benzene rings is 1. The maximum Gasteiger partial charge on any atom is 0.417 e. The highest BCUT2D eigenvalue weighted by Crippen LogP contribution is 2.29. The molecule has 0 fully saturated rings. The molecule has 3 rings (SSSR count). The lowest BCUT2D eigenvalue weighted by molar-refractivity contribution is -0.138. The van der Waals surface area contributed by atoms with E-state index in [1.54, 1.807) is 24.3 Å². The van der Waals surface area contributed by atoms with Crippen LogP contribution in [-0.2, 0) is 24.1 Å². The number of amides is 2. The summed E-state index contributed by atoms with van der Waals surface area (Å²) in [6, 6.07) is 10.0. The van der Waals surface area contributed by atoms with Crippen molar-refractivity contribution in [1.82, 2.24) is 9.88 Å². The first-order chi connectivity index (χ1) is 15.1. The van der Waals surface area contributed by atoms with Crippen molar-refractivity contribution < 1.29 is 27.2 Å². The van der Waals surface area contributed by atoms with Crippen LogP contribution in [0.25, 0.3) is 0 Å². The standard InChI is InChI=1S/C21H17ClF3N3O4/c1-27(18(29)12-28-11-13(21(23,24)25)9-16(22)20(28)31)17-7-3-2-6-15(17)19(30)26-10-14-5-4-8-32-14/h2-9,11H,10,12H2,1H3,(H,26,30). The Morgan fingerprint density at radius 3 is 2.56 bits per heavy atom. The van der Waals surface area contributed by atoms with Crippen LogP contribution in [0.1, 0.15) is 21.7 Å². The zero-order valence-electron chi connectivity index (χ0n) is 16.6. The fourth-order valence-electron chi connectivity index (χ4n) is 2.89. The number of para-hydroxylation sites is 1. The van der Waals surface area contributed by atoms with Crippen molar-refractivity contribution in [3.05, 3.63) is 87.2 Å². The second kappa shape index (κ2) is 9.31. The Kier molecular flexibility index (Phi) is 6.73. The number of carbonyl (C=O) groups is 2. The number of carbonyl (C=O) groups excluding carboxylic acids is 2. The molecule has 11 heteroatoms. The zero-order chi connectivity index (χ0) is 23.5. The predicted molar refractivity (Wildman–Crippen MR) is 110 cm³/mol. The maximum atomic E-state index is 13.0. The van der Waals surface area contributed by atoms with Crippen LogP contribution in [0.2, 0.25) is 5.02 Å². The second-order valence-corrected chi connectivity index (χ2v) is 7.15. The molecule has 0 aliphatic rings. The van der Waals surface area contributed by atoms with Crippen LogP contribution in [0.4, 0.5) is 18.9 Å². The number of aromatic nitrogens is 1. The van der Waals surface area contributed by atoms with E-state index in [1.807, 2.05) is 0 Å². The second-order valence-electron chi connectivity index (χ2n) is 6.74. The minimum Gasteiger partial charge on any atom is -0.467 e. The molecular formula is C21H17ClF3N3O4. The van der Waals surface area contributed by atoms with E-state index in [-0.39, 0.29) is 17.8 Å². The van der Waals surface area contributed by atoms with Crippen LogP contribution >= 0.6 is 11.6 Å². The highest BCUT2D eigenvalue weighted by molar-refractivity contribution is 6.30. The van der Waals surface area contributed by atoms with Gasteiger partial charge in [-0.25, -0.2) is 0 Å². The van der Waals surface area contributed by atoms with E-state index in [9.17, 15) is 27.6 Å². The zero-order valence-corrected chi connectivity index (χ0v) is 17.4. The van der Waals surface area contributed by atoms with Crippen molar-refractivity contribution in [2.24, 2.45) is 0 Å². The molecule has 0 atom stereocenters. The smallest absolute Gasteiger partial charge is 0.417 e. The number of alkyl halides is 3. The average Bonchev–Trinajstić information content (AvgIpc) is 3.27. The highest BCUT2D eigenvalue weighted by Gasteiger charge is 2.32. The Bertz CT molecular complexity index is 1190. The van der Waals surface area contributed by atoms with E-state index in [0.29, 0.717) is 22.6 Å². The summed E-state index contributed by atoms with van der Waals surface area (Å²) in [5.41, 5.74) is -1.73. The third-order valence-electron chi connectivity index (χ3n) is 4.56. The number of hydrogen-bond donors (Lipinski definition) is 1. The fraction of sp³-hybridized carbons (Fsp3) is 0.190. The fourth-order valence-corrected chi connectivity index (χ4v) is 3.12. The number of likely N-dealkylation sites (N-methyl/N-ethyl adjacent to an activating group) is 1. The molecule has 0 aliphatic carbocycles. The number of hydrogen-bond acceptors (Lipinski definition) is 4. The molecule has 0 aliphatic heterocycles. The average molecular weight is 468 g/mol. The number of halogens is 4. The van der Waals surface area contributed by atoms with Crippen molar-refractivity contribution in [3.63, 3.8) is 0 Å². The third kappa shape index (κ3) is 5.20. The van der Waals surface area contributed by atoms with Crippen LogP contribution < -0.4 is 15.8 Å². The number of rotatable bonds is 6. The van der Waals surface area contributed by atoms with Crippen molar-refractivity contribution in [3.8, 4) is 0 Å². The molecule has 0 saturated carbocycles. The molecule has 3 aromatic rings. The van der Waals surface area contributed by atoms with Gasteiger partial charge in [0.1, 0.15) is 17.3 Å². The highest BCUT2D eigenvalue weighted by atomic mass is 35.5. The van der Waals surface area contributed by atoms with Gasteiger partial charge < -0.3 is 19.2 Å². The van der Waals surface area contributed by atoms with Gasteiger partial charge in [0, 0.05) is 13.2 Å². The van der Waals surface area contributed by atoms with Gasteiger partial charge in [-0.05, 0) is 30.3 Å². The Morgan fingerprint density at radius 1 is 1.19 bits per heavy atom. The van der Waals surface area contributed by atoms with Gasteiger partial charge in [0.2, 0.25) is 5.91 Å². The van der Waals surface area contributed by atoms with Crippen LogP contribution in [0.5, 0.6) is 0 Å². The van der Waals surface area contributed by atoms with Gasteiger partial charge in [-0.2, -0.15) is 13.2 Å². The topological polar surface area (TPSA) is 84.5 Å². The summed E-state index contributed by atoms with van der Waals surface area (Å²) >= 11 is 5.63. The van der Waals surface area contributed by atoms with Crippen molar-refractivity contribution in [2.75, 3.05) is 11.9 Å². The lowest BCUT2D eigenvalue weighted by Crippen LogP contribution is -2.36. The Hall–Kier alpha value is -3.53. The van der Waals surface area contributed by atoms with Gasteiger partial charge in [0.15, 0.2) is 0 Å². The van der Waals surface area contributed by atoms with Crippen LogP contribution in [0, 0.1) is 0 Å². The van der Waals surface area contributed by atoms with E-state index in [1.165, 1.54) is 25.4 Å². The molecule has 0 bridgehead atoms. The molecule has 0 radical (unpaired) electrons. The van der Waals surface area contributed by atoms with Crippen LogP contribution in [0.15, 0.2) is 64.1 Å². The maximum absolute atomic E-state index is 13.0. The minimum atomic E-state index is -4.74. The molecule has 1 aromatic carbocycles. The molecule has 7 nitrogen and oxygen atoms in total. The summed E-state index contributed by atoms with van der Waals surface area (Å²) < 4.78 is 44.8. The Labute approximate surface area is 185 Å². The Balaban J connectivity index is 1.82. The first kappa shape index (κ1) is 23.1. The number of pyridine rings is 1. The van der Waals surface area contributed by atoms with Crippen LogP contribution in [-0.4, -0.2) is 23.4 Å². The van der Waals surface area contributed by atoms with Gasteiger partial charge >= 0.3 is 6.18 Å². The molecule has 0 spiro atoms. The molecule has 0 saturated heterocycles. The first-order valence-electron chi connectivity index (χ1n) is 9.21. The molecule has 2 aromatic heterocycles. The lowest BCUT2D eigenvalue weighted by Gasteiger charge is -2.21. The van der Waals surface area contributed by atoms with Gasteiger partial charge in [0.25, 0.3) is 11.5 Å². The molecule has 2 amide bonds. The van der Waals surface area contributed by atoms with Crippen molar-refractivity contribution >= 4 is 29.1 Å².